The summed E-state index contributed by atoms with van der Waals surface area (Å²) in [5.74, 6) is 0.917. The molecule has 3 aromatic rings. The van der Waals surface area contributed by atoms with Gasteiger partial charge >= 0.3 is 0 Å². The van der Waals surface area contributed by atoms with E-state index in [1.165, 1.54) is 0 Å². The topological polar surface area (TPSA) is 50.1 Å². The average Bonchev–Trinajstić information content (AvgIpc) is 3.37. The van der Waals surface area contributed by atoms with Crippen molar-refractivity contribution in [1.82, 2.24) is 19.2 Å². The van der Waals surface area contributed by atoms with Crippen LogP contribution in [0.25, 0.3) is 5.65 Å². The minimum atomic E-state index is 0.0464. The number of imidazole rings is 1. The van der Waals surface area contributed by atoms with E-state index in [9.17, 15) is 4.79 Å². The van der Waals surface area contributed by atoms with Crippen LogP contribution in [0.3, 0.4) is 0 Å². The van der Waals surface area contributed by atoms with Gasteiger partial charge in [-0.25, -0.2) is 4.98 Å². The first-order valence-electron chi connectivity index (χ1n) is 9.84. The van der Waals surface area contributed by atoms with E-state index < -0.39 is 0 Å². The van der Waals surface area contributed by atoms with Crippen LogP contribution in [0, 0.1) is 0 Å². The maximum absolute atomic E-state index is 13.0. The Balaban J connectivity index is 1.48. The quantitative estimate of drug-likeness (QED) is 0.634. The van der Waals surface area contributed by atoms with Crippen molar-refractivity contribution in [2.24, 2.45) is 0 Å². The molecular weight excluding hydrogens is 352 g/mol. The van der Waals surface area contributed by atoms with Crippen LogP contribution in [0.15, 0.2) is 54.7 Å². The van der Waals surface area contributed by atoms with Gasteiger partial charge in [0, 0.05) is 32.4 Å². The third kappa shape index (κ3) is 4.02. The van der Waals surface area contributed by atoms with Crippen LogP contribution in [0.5, 0.6) is 5.75 Å². The summed E-state index contributed by atoms with van der Waals surface area (Å²) in [6.45, 7) is 3.64. The summed E-state index contributed by atoms with van der Waals surface area (Å²) in [6.07, 6.45) is 4.13. The summed E-state index contributed by atoms with van der Waals surface area (Å²) >= 11 is 0. The van der Waals surface area contributed by atoms with Crippen molar-refractivity contribution in [3.05, 3.63) is 66.1 Å². The van der Waals surface area contributed by atoms with Crippen molar-refractivity contribution in [1.29, 1.82) is 0 Å². The molecule has 1 aromatic carbocycles. The normalized spacial score (nSPS) is 14.1. The summed E-state index contributed by atoms with van der Waals surface area (Å²) in [5, 5.41) is 0. The Labute approximate surface area is 165 Å². The fourth-order valence-electron chi connectivity index (χ4n) is 3.61. The number of pyridine rings is 1. The number of hydrogen-bond donors (Lipinski definition) is 0. The van der Waals surface area contributed by atoms with Gasteiger partial charge in [0.2, 0.25) is 0 Å². The van der Waals surface area contributed by atoms with E-state index in [1.54, 1.807) is 0 Å². The van der Waals surface area contributed by atoms with E-state index in [1.807, 2.05) is 71.1 Å². The van der Waals surface area contributed by atoms with Crippen LogP contribution in [0.2, 0.25) is 0 Å². The molecule has 2 aromatic heterocycles. The molecule has 0 N–H and O–H groups in total. The highest BCUT2D eigenvalue weighted by atomic mass is 16.5. The lowest BCUT2D eigenvalue weighted by Crippen LogP contribution is -2.30. The lowest BCUT2D eigenvalue weighted by atomic mass is 10.2. The SMILES string of the molecule is CN(CCOc1ccccc1)Cc1c(C(=O)N2CCCC2)nc2ccccn12. The monoisotopic (exact) mass is 378 g/mol. The second-order valence-corrected chi connectivity index (χ2v) is 7.23. The Morgan fingerprint density at radius 2 is 1.86 bits per heavy atom. The highest BCUT2D eigenvalue weighted by molar-refractivity contribution is 5.94. The van der Waals surface area contributed by atoms with Crippen molar-refractivity contribution in [3.63, 3.8) is 0 Å². The van der Waals surface area contributed by atoms with Gasteiger partial charge in [0.1, 0.15) is 18.0 Å². The fraction of sp³-hybridized carbons (Fsp3) is 0.364. The number of aromatic nitrogens is 2. The summed E-state index contributed by atoms with van der Waals surface area (Å²) in [5.41, 5.74) is 2.33. The number of carbonyl (C=O) groups is 1. The molecule has 6 heteroatoms. The molecule has 1 aliphatic rings. The first-order valence-corrected chi connectivity index (χ1v) is 9.84. The number of rotatable bonds is 7. The zero-order valence-corrected chi connectivity index (χ0v) is 16.3. The summed E-state index contributed by atoms with van der Waals surface area (Å²) < 4.78 is 7.83. The molecule has 3 heterocycles. The number of hydrogen-bond acceptors (Lipinski definition) is 4. The molecule has 146 valence electrons. The number of fused-ring (bicyclic) bond motifs is 1. The van der Waals surface area contributed by atoms with E-state index in [0.717, 1.165) is 49.6 Å². The lowest BCUT2D eigenvalue weighted by Gasteiger charge is -2.19. The number of nitrogens with zero attached hydrogens (tertiary/aromatic N) is 4. The summed E-state index contributed by atoms with van der Waals surface area (Å²) in [6, 6.07) is 15.7. The van der Waals surface area contributed by atoms with Crippen molar-refractivity contribution < 1.29 is 9.53 Å². The highest BCUT2D eigenvalue weighted by Crippen LogP contribution is 2.19. The summed E-state index contributed by atoms with van der Waals surface area (Å²) in [4.78, 5) is 21.8. The van der Waals surface area contributed by atoms with Crippen molar-refractivity contribution in [2.45, 2.75) is 19.4 Å². The molecule has 1 aliphatic heterocycles. The second kappa shape index (κ2) is 8.44. The molecule has 1 saturated heterocycles. The zero-order chi connectivity index (χ0) is 19.3. The fourth-order valence-corrected chi connectivity index (χ4v) is 3.61. The van der Waals surface area contributed by atoms with E-state index in [0.29, 0.717) is 18.8 Å². The lowest BCUT2D eigenvalue weighted by molar-refractivity contribution is 0.0785. The molecule has 0 radical (unpaired) electrons. The standard InChI is InChI=1S/C22H26N4O2/c1-24(15-16-28-18-9-3-2-4-10-18)17-19-21(22(27)25-12-7-8-13-25)23-20-11-5-6-14-26(19)20/h2-6,9-11,14H,7-8,12-13,15-17H2,1H3. The Hall–Kier alpha value is -2.86. The van der Waals surface area contributed by atoms with Crippen molar-refractivity contribution >= 4 is 11.6 Å². The van der Waals surface area contributed by atoms with Gasteiger partial charge < -0.3 is 14.0 Å². The molecule has 6 nitrogen and oxygen atoms in total. The maximum Gasteiger partial charge on any atom is 0.274 e. The number of likely N-dealkylation sites (tertiary alicyclic amines) is 1. The minimum Gasteiger partial charge on any atom is -0.492 e. The number of benzene rings is 1. The molecule has 0 spiro atoms. The van der Waals surface area contributed by atoms with E-state index in [4.69, 9.17) is 4.74 Å². The third-order valence-electron chi connectivity index (χ3n) is 5.13. The first-order chi connectivity index (χ1) is 13.7. The number of carbonyl (C=O) groups excluding carboxylic acids is 1. The predicted molar refractivity (Wildman–Crippen MR) is 109 cm³/mol. The Morgan fingerprint density at radius 1 is 1.11 bits per heavy atom. The molecule has 28 heavy (non-hydrogen) atoms. The second-order valence-electron chi connectivity index (χ2n) is 7.23. The summed E-state index contributed by atoms with van der Waals surface area (Å²) in [7, 11) is 2.04. The maximum atomic E-state index is 13.0. The number of para-hydroxylation sites is 1. The molecular formula is C22H26N4O2. The van der Waals surface area contributed by atoms with Crippen LogP contribution < -0.4 is 4.74 Å². The van der Waals surface area contributed by atoms with Gasteiger partial charge in [-0.15, -0.1) is 0 Å². The largest absolute Gasteiger partial charge is 0.492 e. The van der Waals surface area contributed by atoms with Crippen molar-refractivity contribution in [2.75, 3.05) is 33.3 Å². The molecule has 1 fully saturated rings. The Morgan fingerprint density at radius 3 is 2.64 bits per heavy atom. The van der Waals surface area contributed by atoms with Crippen LogP contribution in [-0.2, 0) is 6.54 Å². The van der Waals surface area contributed by atoms with Gasteiger partial charge in [-0.3, -0.25) is 9.69 Å². The first kappa shape index (κ1) is 18.5. The van der Waals surface area contributed by atoms with Crippen LogP contribution in [0.1, 0.15) is 29.0 Å². The van der Waals surface area contributed by atoms with Crippen LogP contribution in [-0.4, -0.2) is 58.4 Å². The van der Waals surface area contributed by atoms with Gasteiger partial charge in [-0.2, -0.15) is 0 Å². The van der Waals surface area contributed by atoms with E-state index >= 15 is 0 Å². The number of amides is 1. The third-order valence-corrected chi connectivity index (χ3v) is 5.13. The molecule has 1 amide bonds. The predicted octanol–water partition coefficient (Wildman–Crippen LogP) is 3.08. The van der Waals surface area contributed by atoms with Gasteiger partial charge in [0.15, 0.2) is 5.69 Å². The zero-order valence-electron chi connectivity index (χ0n) is 16.3. The van der Waals surface area contributed by atoms with Crippen LogP contribution in [0.4, 0.5) is 0 Å². The molecule has 0 bridgehead atoms. The van der Waals surface area contributed by atoms with Crippen molar-refractivity contribution in [3.8, 4) is 5.75 Å². The van der Waals surface area contributed by atoms with E-state index in [2.05, 4.69) is 9.88 Å². The number of ether oxygens (including phenoxy) is 1. The average molecular weight is 378 g/mol. The Bertz CT molecular complexity index is 932. The molecule has 0 atom stereocenters. The molecule has 0 saturated carbocycles. The van der Waals surface area contributed by atoms with E-state index in [-0.39, 0.29) is 5.91 Å². The van der Waals surface area contributed by atoms with Gasteiger partial charge in [0.05, 0.1) is 5.69 Å². The van der Waals surface area contributed by atoms with Gasteiger partial charge in [0.25, 0.3) is 5.91 Å². The molecule has 0 aliphatic carbocycles. The highest BCUT2D eigenvalue weighted by Gasteiger charge is 2.26. The van der Waals surface area contributed by atoms with Gasteiger partial charge in [-0.05, 0) is 44.2 Å². The van der Waals surface area contributed by atoms with Gasteiger partial charge in [-0.1, -0.05) is 24.3 Å². The molecule has 0 unspecified atom stereocenters. The Kier molecular flexibility index (Phi) is 5.58. The molecule has 4 rings (SSSR count). The smallest absolute Gasteiger partial charge is 0.274 e. The number of likely N-dealkylation sites (N-methyl/N-ethyl adjacent to an activating group) is 1. The van der Waals surface area contributed by atoms with Crippen LogP contribution >= 0.6 is 0 Å². The minimum absolute atomic E-state index is 0.0464.